The van der Waals surface area contributed by atoms with Crippen molar-refractivity contribution in [2.24, 2.45) is 4.99 Å². The molecule has 0 amide bonds. The quantitative estimate of drug-likeness (QED) is 0.296. The lowest BCUT2D eigenvalue weighted by atomic mass is 9.95. The molecule has 0 atom stereocenters. The molecule has 2 heterocycles. The number of hydrogen-bond donors (Lipinski definition) is 0. The zero-order valence-corrected chi connectivity index (χ0v) is 19.6. The summed E-state index contributed by atoms with van der Waals surface area (Å²) in [5, 5.41) is 0.629. The highest BCUT2D eigenvalue weighted by molar-refractivity contribution is 7.16. The first-order valence-electron chi connectivity index (χ1n) is 10.9. The first-order valence-corrected chi connectivity index (χ1v) is 11.7. The van der Waals surface area contributed by atoms with Gasteiger partial charge in [-0.25, -0.2) is 9.79 Å². The normalized spacial score (nSPS) is 14.0. The molecule has 0 fully saturated rings. The lowest BCUT2D eigenvalue weighted by Gasteiger charge is -2.13. The van der Waals surface area contributed by atoms with Gasteiger partial charge < -0.3 is 9.30 Å². The molecule has 0 bridgehead atoms. The summed E-state index contributed by atoms with van der Waals surface area (Å²) in [5.74, 6) is -0.349. The number of thiophene rings is 1. The SMILES string of the molecule is CCOC(=O)c1c(N=Cc2cc(C)n(-c3cccc(C(F)(F)F)c3)c2C)sc2c1CCCC2. The minimum absolute atomic E-state index is 0.296. The molecule has 0 N–H and O–H groups in total. The van der Waals surface area contributed by atoms with E-state index in [0.29, 0.717) is 22.9 Å². The fraction of sp³-hybridized carbons (Fsp3) is 0.360. The minimum atomic E-state index is -4.41. The fourth-order valence-corrected chi connectivity index (χ4v) is 5.54. The summed E-state index contributed by atoms with van der Waals surface area (Å²) in [4.78, 5) is 18.5. The predicted molar refractivity (Wildman–Crippen MR) is 124 cm³/mol. The highest BCUT2D eigenvalue weighted by Gasteiger charge is 2.31. The Hall–Kier alpha value is -2.87. The van der Waals surface area contributed by atoms with Gasteiger partial charge in [-0.05, 0) is 76.3 Å². The Morgan fingerprint density at radius 2 is 1.97 bits per heavy atom. The molecular formula is C25H25F3N2O2S. The van der Waals surface area contributed by atoms with E-state index in [4.69, 9.17) is 4.74 Å². The predicted octanol–water partition coefficient (Wildman–Crippen LogP) is 6.98. The van der Waals surface area contributed by atoms with E-state index >= 15 is 0 Å². The summed E-state index contributed by atoms with van der Waals surface area (Å²) in [7, 11) is 0. The number of carbonyl (C=O) groups is 1. The zero-order chi connectivity index (χ0) is 23.8. The van der Waals surface area contributed by atoms with Crippen LogP contribution in [0.5, 0.6) is 0 Å². The van der Waals surface area contributed by atoms with Crippen LogP contribution in [0, 0.1) is 13.8 Å². The molecule has 1 aliphatic rings. The zero-order valence-electron chi connectivity index (χ0n) is 18.8. The van der Waals surface area contributed by atoms with Crippen molar-refractivity contribution in [1.82, 2.24) is 4.57 Å². The summed E-state index contributed by atoms with van der Waals surface area (Å²) in [5.41, 5.74) is 3.71. The van der Waals surface area contributed by atoms with Crippen molar-refractivity contribution in [3.05, 3.63) is 68.9 Å². The van der Waals surface area contributed by atoms with Gasteiger partial charge in [-0.3, -0.25) is 0 Å². The van der Waals surface area contributed by atoms with Gasteiger partial charge in [-0.15, -0.1) is 11.3 Å². The molecule has 4 nitrogen and oxygen atoms in total. The number of aromatic nitrogens is 1. The second-order valence-corrected chi connectivity index (χ2v) is 9.16. The van der Waals surface area contributed by atoms with Crippen molar-refractivity contribution in [2.75, 3.05) is 6.61 Å². The molecule has 1 aromatic carbocycles. The van der Waals surface area contributed by atoms with Crippen LogP contribution in [0.25, 0.3) is 5.69 Å². The monoisotopic (exact) mass is 474 g/mol. The molecule has 0 aliphatic heterocycles. The summed E-state index contributed by atoms with van der Waals surface area (Å²) < 4.78 is 46.6. The van der Waals surface area contributed by atoms with E-state index in [1.54, 1.807) is 23.8 Å². The van der Waals surface area contributed by atoms with Gasteiger partial charge in [0.2, 0.25) is 0 Å². The van der Waals surface area contributed by atoms with E-state index in [1.165, 1.54) is 22.3 Å². The molecule has 0 spiro atoms. The lowest BCUT2D eigenvalue weighted by Crippen LogP contribution is -2.09. The van der Waals surface area contributed by atoms with E-state index in [1.807, 2.05) is 19.9 Å². The highest BCUT2D eigenvalue weighted by atomic mass is 32.1. The van der Waals surface area contributed by atoms with Gasteiger partial charge in [0, 0.05) is 33.7 Å². The van der Waals surface area contributed by atoms with Crippen molar-refractivity contribution in [3.8, 4) is 5.69 Å². The number of halogens is 3. The number of ether oxygens (including phenoxy) is 1. The number of esters is 1. The Kier molecular flexibility index (Phi) is 6.47. The molecule has 0 saturated heterocycles. The van der Waals surface area contributed by atoms with Crippen LogP contribution in [-0.4, -0.2) is 23.4 Å². The summed E-state index contributed by atoms with van der Waals surface area (Å²) in [6.07, 6.45) is 1.20. The summed E-state index contributed by atoms with van der Waals surface area (Å²) in [6, 6.07) is 7.16. The number of aliphatic imine (C=N–C) groups is 1. The van der Waals surface area contributed by atoms with Crippen molar-refractivity contribution in [1.29, 1.82) is 0 Å². The molecule has 0 saturated carbocycles. The number of carbonyl (C=O) groups excluding carboxylic acids is 1. The molecule has 8 heteroatoms. The minimum Gasteiger partial charge on any atom is -0.462 e. The van der Waals surface area contributed by atoms with Crippen LogP contribution in [0.1, 0.15) is 63.1 Å². The standard InChI is InChI=1S/C25H25F3N2O2S/c1-4-32-24(31)22-20-10-5-6-11-21(20)33-23(22)29-14-17-12-15(2)30(16(17)3)19-9-7-8-18(13-19)25(26,27)28/h7-9,12-14H,4-6,10-11H2,1-3H3. The Labute approximate surface area is 194 Å². The van der Waals surface area contributed by atoms with Gasteiger partial charge in [0.25, 0.3) is 0 Å². The Bertz CT molecular complexity index is 1220. The molecule has 174 valence electrons. The average molecular weight is 475 g/mol. The molecule has 1 aliphatic carbocycles. The molecule has 4 rings (SSSR count). The number of fused-ring (bicyclic) bond motifs is 1. The number of nitrogens with zero attached hydrogens (tertiary/aromatic N) is 2. The van der Waals surface area contributed by atoms with Gasteiger partial charge >= 0.3 is 12.1 Å². The summed E-state index contributed by atoms with van der Waals surface area (Å²) in [6.45, 7) is 5.77. The third-order valence-corrected chi connectivity index (χ3v) is 7.05. The number of aryl methyl sites for hydroxylation is 2. The van der Waals surface area contributed by atoms with Crippen LogP contribution in [-0.2, 0) is 23.8 Å². The van der Waals surface area contributed by atoms with Crippen molar-refractivity contribution in [3.63, 3.8) is 0 Å². The molecule has 33 heavy (non-hydrogen) atoms. The maximum atomic E-state index is 13.2. The van der Waals surface area contributed by atoms with Crippen molar-refractivity contribution in [2.45, 2.75) is 52.6 Å². The second kappa shape index (κ2) is 9.17. The smallest absolute Gasteiger partial charge is 0.416 e. The van der Waals surface area contributed by atoms with Crippen LogP contribution in [0.2, 0.25) is 0 Å². The van der Waals surface area contributed by atoms with Crippen LogP contribution < -0.4 is 0 Å². The number of rotatable bonds is 5. The largest absolute Gasteiger partial charge is 0.462 e. The van der Waals surface area contributed by atoms with E-state index in [0.717, 1.165) is 60.3 Å². The van der Waals surface area contributed by atoms with E-state index in [-0.39, 0.29) is 5.97 Å². The van der Waals surface area contributed by atoms with Crippen LogP contribution >= 0.6 is 11.3 Å². The Morgan fingerprint density at radius 3 is 2.70 bits per heavy atom. The number of hydrogen-bond acceptors (Lipinski definition) is 4. The molecule has 0 unspecified atom stereocenters. The van der Waals surface area contributed by atoms with Gasteiger partial charge in [0.05, 0.1) is 17.7 Å². The van der Waals surface area contributed by atoms with E-state index < -0.39 is 11.7 Å². The first kappa shape index (κ1) is 23.3. The Morgan fingerprint density at radius 1 is 1.21 bits per heavy atom. The molecule has 0 radical (unpaired) electrons. The molecule has 3 aromatic rings. The highest BCUT2D eigenvalue weighted by Crippen LogP contribution is 2.40. The topological polar surface area (TPSA) is 43.6 Å². The Balaban J connectivity index is 1.72. The van der Waals surface area contributed by atoms with Crippen molar-refractivity contribution >= 4 is 28.5 Å². The lowest BCUT2D eigenvalue weighted by molar-refractivity contribution is -0.137. The van der Waals surface area contributed by atoms with Crippen molar-refractivity contribution < 1.29 is 22.7 Å². The third kappa shape index (κ3) is 4.62. The van der Waals surface area contributed by atoms with Gasteiger partial charge in [0.1, 0.15) is 5.00 Å². The fourth-order valence-electron chi connectivity index (χ4n) is 4.32. The van der Waals surface area contributed by atoms with Gasteiger partial charge in [-0.2, -0.15) is 13.2 Å². The van der Waals surface area contributed by atoms with E-state index in [2.05, 4.69) is 4.99 Å². The van der Waals surface area contributed by atoms with Crippen LogP contribution in [0.15, 0.2) is 35.3 Å². The summed E-state index contributed by atoms with van der Waals surface area (Å²) >= 11 is 1.52. The second-order valence-electron chi connectivity index (χ2n) is 8.08. The number of alkyl halides is 3. The maximum absolute atomic E-state index is 13.2. The van der Waals surface area contributed by atoms with Gasteiger partial charge in [0.15, 0.2) is 0 Å². The molecule has 2 aromatic heterocycles. The van der Waals surface area contributed by atoms with E-state index in [9.17, 15) is 18.0 Å². The van der Waals surface area contributed by atoms with Crippen LogP contribution in [0.4, 0.5) is 18.2 Å². The maximum Gasteiger partial charge on any atom is 0.416 e. The first-order chi connectivity index (χ1) is 15.7. The average Bonchev–Trinajstić information content (AvgIpc) is 3.28. The molecular weight excluding hydrogens is 449 g/mol. The van der Waals surface area contributed by atoms with Gasteiger partial charge in [-0.1, -0.05) is 6.07 Å². The third-order valence-electron chi connectivity index (χ3n) is 5.86. The van der Waals surface area contributed by atoms with Crippen LogP contribution in [0.3, 0.4) is 0 Å². The number of benzene rings is 1.